The van der Waals surface area contributed by atoms with Crippen molar-refractivity contribution in [2.24, 2.45) is 0 Å². The molecule has 1 aromatic heterocycles. The van der Waals surface area contributed by atoms with Gasteiger partial charge in [-0.05, 0) is 46.2 Å². The van der Waals surface area contributed by atoms with Gasteiger partial charge in [0.1, 0.15) is 0 Å². The third-order valence-electron chi connectivity index (χ3n) is 3.23. The molecule has 2 rings (SSSR count). The fourth-order valence-corrected chi connectivity index (χ4v) is 3.60. The largest absolute Gasteiger partial charge is 0.493 e. The zero-order chi connectivity index (χ0) is 18.8. The number of ether oxygens (including phenoxy) is 2. The molecule has 0 unspecified atom stereocenters. The maximum Gasteiger partial charge on any atom is 0.387 e. The number of amides is 1. The van der Waals surface area contributed by atoms with E-state index in [0.717, 1.165) is 11.5 Å². The molecule has 0 spiro atoms. The summed E-state index contributed by atoms with van der Waals surface area (Å²) >= 11 is 3.43. The monoisotopic (exact) mass is 399 g/mol. The van der Waals surface area contributed by atoms with Crippen LogP contribution in [0, 0.1) is 0 Å². The van der Waals surface area contributed by atoms with Crippen LogP contribution >= 0.6 is 23.1 Å². The van der Waals surface area contributed by atoms with Gasteiger partial charge < -0.3 is 14.8 Å². The normalized spacial score (nSPS) is 11.1. The zero-order valence-corrected chi connectivity index (χ0v) is 15.7. The van der Waals surface area contributed by atoms with E-state index in [-0.39, 0.29) is 17.4 Å². The summed E-state index contributed by atoms with van der Waals surface area (Å²) in [6.07, 6.45) is 2.98. The average molecular weight is 399 g/mol. The number of hydrogen-bond acceptors (Lipinski definition) is 5. The maximum absolute atomic E-state index is 12.3. The lowest BCUT2D eigenvalue weighted by molar-refractivity contribution is -0.116. The molecule has 26 heavy (non-hydrogen) atoms. The molecule has 2 aromatic rings. The molecule has 1 heterocycles. The minimum atomic E-state index is -2.92. The Kier molecular flexibility index (Phi) is 8.43. The van der Waals surface area contributed by atoms with Crippen LogP contribution in [0.3, 0.4) is 0 Å². The quantitative estimate of drug-likeness (QED) is 0.475. The number of thiophene rings is 1. The standard InChI is InChI=1S/C18H19F2NO3S2/c1-23-16-10-13(2-4-15(16)24-18(19)20)3-5-17(22)21-7-9-26-12-14-6-8-25-11-14/h2-6,8,10-11,18H,7,9,12H2,1H3,(H,21,22)/b5-3+. The highest BCUT2D eigenvalue weighted by atomic mass is 32.2. The van der Waals surface area contributed by atoms with Gasteiger partial charge in [-0.15, -0.1) is 0 Å². The van der Waals surface area contributed by atoms with E-state index in [1.807, 2.05) is 5.38 Å². The molecular weight excluding hydrogens is 380 g/mol. The van der Waals surface area contributed by atoms with Crippen LogP contribution in [0.5, 0.6) is 11.5 Å². The summed E-state index contributed by atoms with van der Waals surface area (Å²) in [7, 11) is 1.36. The van der Waals surface area contributed by atoms with Crippen LogP contribution < -0.4 is 14.8 Å². The number of alkyl halides is 2. The van der Waals surface area contributed by atoms with Crippen molar-refractivity contribution < 1.29 is 23.0 Å². The third kappa shape index (κ3) is 7.05. The molecule has 0 bridgehead atoms. The fraction of sp³-hybridized carbons (Fsp3) is 0.278. The van der Waals surface area contributed by atoms with Crippen molar-refractivity contribution in [1.29, 1.82) is 0 Å². The molecule has 0 fully saturated rings. The second-order valence-electron chi connectivity index (χ2n) is 5.10. The molecule has 4 nitrogen and oxygen atoms in total. The lowest BCUT2D eigenvalue weighted by atomic mass is 10.2. The van der Waals surface area contributed by atoms with Gasteiger partial charge in [0, 0.05) is 24.1 Å². The van der Waals surface area contributed by atoms with E-state index in [9.17, 15) is 13.6 Å². The minimum Gasteiger partial charge on any atom is -0.493 e. The SMILES string of the molecule is COc1cc(/C=C/C(=O)NCCSCc2ccsc2)ccc1OC(F)F. The topological polar surface area (TPSA) is 47.6 Å². The van der Waals surface area contributed by atoms with Gasteiger partial charge in [0.2, 0.25) is 5.91 Å². The van der Waals surface area contributed by atoms with Crippen molar-refractivity contribution in [3.8, 4) is 11.5 Å². The van der Waals surface area contributed by atoms with Gasteiger partial charge in [-0.25, -0.2) is 0 Å². The molecule has 0 saturated heterocycles. The Labute approximate surface area is 159 Å². The Morgan fingerprint density at radius 3 is 2.88 bits per heavy atom. The zero-order valence-electron chi connectivity index (χ0n) is 14.1. The number of thioether (sulfide) groups is 1. The maximum atomic E-state index is 12.3. The lowest BCUT2D eigenvalue weighted by Crippen LogP contribution is -2.23. The smallest absolute Gasteiger partial charge is 0.387 e. The Morgan fingerprint density at radius 2 is 2.19 bits per heavy atom. The van der Waals surface area contributed by atoms with Crippen LogP contribution in [-0.2, 0) is 10.5 Å². The molecule has 0 radical (unpaired) electrons. The first kappa shape index (κ1) is 20.3. The van der Waals surface area contributed by atoms with Crippen LogP contribution in [-0.4, -0.2) is 31.9 Å². The molecule has 1 aromatic carbocycles. The predicted octanol–water partition coefficient (Wildman–Crippen LogP) is 4.42. The van der Waals surface area contributed by atoms with E-state index < -0.39 is 6.61 Å². The van der Waals surface area contributed by atoms with Crippen LogP contribution in [0.2, 0.25) is 0 Å². The molecule has 1 N–H and O–H groups in total. The Hall–Kier alpha value is -2.06. The van der Waals surface area contributed by atoms with Gasteiger partial charge in [-0.2, -0.15) is 31.9 Å². The number of benzene rings is 1. The number of hydrogen-bond donors (Lipinski definition) is 1. The average Bonchev–Trinajstić information content (AvgIpc) is 3.13. The number of methoxy groups -OCH3 is 1. The summed E-state index contributed by atoms with van der Waals surface area (Å²) in [6, 6.07) is 6.56. The predicted molar refractivity (Wildman–Crippen MR) is 102 cm³/mol. The number of carbonyl (C=O) groups excluding carboxylic acids is 1. The van der Waals surface area contributed by atoms with Crippen molar-refractivity contribution in [2.45, 2.75) is 12.4 Å². The summed E-state index contributed by atoms with van der Waals surface area (Å²) in [5.41, 5.74) is 1.94. The molecule has 8 heteroatoms. The summed E-state index contributed by atoms with van der Waals surface area (Å²) < 4.78 is 34.0. The lowest BCUT2D eigenvalue weighted by Gasteiger charge is -2.10. The van der Waals surface area contributed by atoms with Crippen LogP contribution in [0.15, 0.2) is 41.1 Å². The van der Waals surface area contributed by atoms with Gasteiger partial charge in [-0.3, -0.25) is 4.79 Å². The second-order valence-corrected chi connectivity index (χ2v) is 6.98. The fourth-order valence-electron chi connectivity index (χ4n) is 2.02. The first-order chi connectivity index (χ1) is 12.6. The van der Waals surface area contributed by atoms with E-state index in [0.29, 0.717) is 12.1 Å². The highest BCUT2D eigenvalue weighted by Crippen LogP contribution is 2.29. The van der Waals surface area contributed by atoms with Gasteiger partial charge in [-0.1, -0.05) is 6.07 Å². The van der Waals surface area contributed by atoms with Crippen molar-refractivity contribution in [1.82, 2.24) is 5.32 Å². The van der Waals surface area contributed by atoms with Crippen LogP contribution in [0.1, 0.15) is 11.1 Å². The van der Waals surface area contributed by atoms with Crippen LogP contribution in [0.25, 0.3) is 6.08 Å². The summed E-state index contributed by atoms with van der Waals surface area (Å²) in [4.78, 5) is 11.8. The van der Waals surface area contributed by atoms with Gasteiger partial charge in [0.15, 0.2) is 11.5 Å². The number of rotatable bonds is 10. The van der Waals surface area contributed by atoms with Crippen molar-refractivity contribution in [2.75, 3.05) is 19.4 Å². The van der Waals surface area contributed by atoms with E-state index in [1.54, 1.807) is 35.2 Å². The molecule has 140 valence electrons. The van der Waals surface area contributed by atoms with Gasteiger partial charge in [0.05, 0.1) is 7.11 Å². The third-order valence-corrected chi connectivity index (χ3v) is 4.99. The Morgan fingerprint density at radius 1 is 1.35 bits per heavy atom. The van der Waals surface area contributed by atoms with E-state index in [1.165, 1.54) is 30.9 Å². The molecule has 0 saturated carbocycles. The van der Waals surface area contributed by atoms with Crippen molar-refractivity contribution in [3.63, 3.8) is 0 Å². The molecule has 0 atom stereocenters. The Bertz CT molecular complexity index is 721. The summed E-state index contributed by atoms with van der Waals surface area (Å²) in [6.45, 7) is -2.35. The van der Waals surface area contributed by atoms with Gasteiger partial charge >= 0.3 is 6.61 Å². The first-order valence-corrected chi connectivity index (χ1v) is 9.86. The van der Waals surface area contributed by atoms with E-state index in [2.05, 4.69) is 21.5 Å². The van der Waals surface area contributed by atoms with Gasteiger partial charge in [0.25, 0.3) is 0 Å². The number of carbonyl (C=O) groups is 1. The Balaban J connectivity index is 1.76. The van der Waals surface area contributed by atoms with E-state index in [4.69, 9.17) is 4.74 Å². The van der Waals surface area contributed by atoms with Crippen molar-refractivity contribution >= 4 is 35.1 Å². The van der Waals surface area contributed by atoms with E-state index >= 15 is 0 Å². The molecule has 0 aliphatic carbocycles. The first-order valence-electron chi connectivity index (χ1n) is 7.76. The second kappa shape index (κ2) is 10.8. The van der Waals surface area contributed by atoms with Crippen molar-refractivity contribution in [3.05, 3.63) is 52.2 Å². The van der Waals surface area contributed by atoms with Crippen LogP contribution in [0.4, 0.5) is 8.78 Å². The number of nitrogens with one attached hydrogen (secondary N) is 1. The summed E-state index contributed by atoms with van der Waals surface area (Å²) in [5, 5.41) is 6.96. The minimum absolute atomic E-state index is 0.0493. The number of halogens is 2. The molecule has 0 aliphatic rings. The highest BCUT2D eigenvalue weighted by molar-refractivity contribution is 7.98. The summed E-state index contributed by atoms with van der Waals surface area (Å²) in [5.74, 6) is 1.67. The molecule has 1 amide bonds. The molecular formula is C18H19F2NO3S2. The highest BCUT2D eigenvalue weighted by Gasteiger charge is 2.10. The molecule has 0 aliphatic heterocycles.